The molecular formula is C18H19F2NO2S. The molecular weight excluding hydrogens is 332 g/mol. The molecule has 24 heavy (non-hydrogen) atoms. The van der Waals surface area contributed by atoms with Gasteiger partial charge in [0, 0.05) is 19.1 Å². The lowest BCUT2D eigenvalue weighted by molar-refractivity contribution is 0.175. The number of alkyl halides is 2. The Kier molecular flexibility index (Phi) is 4.69. The van der Waals surface area contributed by atoms with Crippen molar-refractivity contribution in [2.24, 2.45) is 0 Å². The van der Waals surface area contributed by atoms with Gasteiger partial charge in [0.2, 0.25) is 9.84 Å². The first-order valence-corrected chi connectivity index (χ1v) is 9.34. The van der Waals surface area contributed by atoms with Crippen LogP contribution in [0.25, 0.3) is 0 Å². The van der Waals surface area contributed by atoms with Gasteiger partial charge in [0.05, 0.1) is 4.90 Å². The van der Waals surface area contributed by atoms with Crippen LogP contribution in [0.2, 0.25) is 0 Å². The molecule has 0 fully saturated rings. The van der Waals surface area contributed by atoms with E-state index in [1.807, 2.05) is 12.1 Å². The molecule has 3 nitrogen and oxygen atoms in total. The average Bonchev–Trinajstić information content (AvgIpc) is 2.56. The van der Waals surface area contributed by atoms with Gasteiger partial charge in [-0.2, -0.15) is 8.78 Å². The number of nitrogens with zero attached hydrogens (tertiary/aromatic N) is 1. The minimum atomic E-state index is -4.52. The van der Waals surface area contributed by atoms with Crippen LogP contribution < -0.4 is 0 Å². The second-order valence-corrected chi connectivity index (χ2v) is 8.09. The van der Waals surface area contributed by atoms with Crippen molar-refractivity contribution in [1.29, 1.82) is 0 Å². The summed E-state index contributed by atoms with van der Waals surface area (Å²) in [5, 5.41) is 0. The largest absolute Gasteiger partial charge is 0.341 e. The number of hydrogen-bond acceptors (Lipinski definition) is 3. The Balaban J connectivity index is 1.75. The maximum Gasteiger partial charge on any atom is 0.341 e. The molecule has 0 radical (unpaired) electrons. The molecule has 3 rings (SSSR count). The molecule has 0 spiro atoms. The third-order valence-electron chi connectivity index (χ3n) is 4.50. The van der Waals surface area contributed by atoms with Crippen LogP contribution in [0.5, 0.6) is 0 Å². The maximum absolute atomic E-state index is 12.6. The van der Waals surface area contributed by atoms with Crippen LogP contribution in [0.3, 0.4) is 0 Å². The Morgan fingerprint density at radius 1 is 1.08 bits per heavy atom. The molecule has 0 amide bonds. The zero-order chi connectivity index (χ0) is 17.3. The third-order valence-corrected chi connectivity index (χ3v) is 5.90. The lowest BCUT2D eigenvalue weighted by atomic mass is 9.94. The maximum atomic E-state index is 12.6. The zero-order valence-electron chi connectivity index (χ0n) is 13.3. The van der Waals surface area contributed by atoms with E-state index in [-0.39, 0.29) is 4.90 Å². The Morgan fingerprint density at radius 3 is 2.33 bits per heavy atom. The highest BCUT2D eigenvalue weighted by Gasteiger charge is 2.27. The minimum Gasteiger partial charge on any atom is -0.292 e. The molecule has 1 atom stereocenters. The van der Waals surface area contributed by atoms with E-state index >= 15 is 0 Å². The van der Waals surface area contributed by atoms with Gasteiger partial charge in [-0.3, -0.25) is 4.90 Å². The van der Waals surface area contributed by atoms with E-state index in [1.165, 1.54) is 23.3 Å². The van der Waals surface area contributed by atoms with Crippen molar-refractivity contribution in [2.75, 3.05) is 0 Å². The van der Waals surface area contributed by atoms with Gasteiger partial charge in [0.25, 0.3) is 0 Å². The SMILES string of the molecule is CC1Cc2ccccc2CN1Cc1ccc(S(=O)(=O)C(F)F)cc1. The topological polar surface area (TPSA) is 37.4 Å². The molecule has 6 heteroatoms. The van der Waals surface area contributed by atoms with E-state index in [9.17, 15) is 17.2 Å². The summed E-state index contributed by atoms with van der Waals surface area (Å²) in [6.07, 6.45) is 0.966. The summed E-state index contributed by atoms with van der Waals surface area (Å²) >= 11 is 0. The van der Waals surface area contributed by atoms with Gasteiger partial charge < -0.3 is 0 Å². The van der Waals surface area contributed by atoms with Gasteiger partial charge in [0.15, 0.2) is 0 Å². The van der Waals surface area contributed by atoms with Crippen molar-refractivity contribution in [3.05, 3.63) is 65.2 Å². The lowest BCUT2D eigenvalue weighted by Crippen LogP contribution is -2.37. The number of sulfone groups is 1. The molecule has 128 valence electrons. The number of halogens is 2. The highest BCUT2D eigenvalue weighted by atomic mass is 32.2. The molecule has 1 unspecified atom stereocenters. The first-order chi connectivity index (χ1) is 11.4. The number of fused-ring (bicyclic) bond motifs is 1. The van der Waals surface area contributed by atoms with Gasteiger partial charge in [-0.1, -0.05) is 36.4 Å². The minimum absolute atomic E-state index is 0.335. The molecule has 0 saturated carbocycles. The van der Waals surface area contributed by atoms with Crippen LogP contribution in [-0.4, -0.2) is 25.1 Å². The Morgan fingerprint density at radius 2 is 1.71 bits per heavy atom. The summed E-state index contributed by atoms with van der Waals surface area (Å²) < 4.78 is 48.1. The second kappa shape index (κ2) is 6.61. The molecule has 0 aliphatic carbocycles. The first-order valence-electron chi connectivity index (χ1n) is 7.80. The van der Waals surface area contributed by atoms with Gasteiger partial charge in [-0.15, -0.1) is 0 Å². The van der Waals surface area contributed by atoms with Gasteiger partial charge in [-0.05, 0) is 42.2 Å². The molecule has 0 N–H and O–H groups in total. The smallest absolute Gasteiger partial charge is 0.292 e. The molecule has 1 aliphatic heterocycles. The average molecular weight is 351 g/mol. The summed E-state index contributed by atoms with van der Waals surface area (Å²) in [6, 6.07) is 14.5. The van der Waals surface area contributed by atoms with Crippen LogP contribution in [-0.2, 0) is 29.3 Å². The predicted molar refractivity (Wildman–Crippen MR) is 88.5 cm³/mol. The first kappa shape index (κ1) is 17.0. The van der Waals surface area contributed by atoms with E-state index in [4.69, 9.17) is 0 Å². The van der Waals surface area contributed by atoms with Crippen LogP contribution in [0.1, 0.15) is 23.6 Å². The quantitative estimate of drug-likeness (QED) is 0.844. The molecule has 0 aromatic heterocycles. The lowest BCUT2D eigenvalue weighted by Gasteiger charge is -2.35. The van der Waals surface area contributed by atoms with Crippen molar-refractivity contribution >= 4 is 9.84 Å². The fourth-order valence-corrected chi connectivity index (χ4v) is 3.79. The Labute approximate surface area is 140 Å². The van der Waals surface area contributed by atoms with Crippen LogP contribution in [0.4, 0.5) is 8.78 Å². The van der Waals surface area contributed by atoms with Gasteiger partial charge in [-0.25, -0.2) is 8.42 Å². The predicted octanol–water partition coefficient (Wildman–Crippen LogP) is 3.63. The highest BCUT2D eigenvalue weighted by molar-refractivity contribution is 7.91. The van der Waals surface area contributed by atoms with Gasteiger partial charge in [0.1, 0.15) is 0 Å². The summed E-state index contributed by atoms with van der Waals surface area (Å²) in [5.41, 5.74) is 3.57. The molecule has 1 aliphatic rings. The van der Waals surface area contributed by atoms with Crippen molar-refractivity contribution in [3.63, 3.8) is 0 Å². The molecule has 1 heterocycles. The fraction of sp³-hybridized carbons (Fsp3) is 0.333. The monoisotopic (exact) mass is 351 g/mol. The van der Waals surface area contributed by atoms with Crippen LogP contribution in [0, 0.1) is 0 Å². The van der Waals surface area contributed by atoms with Crippen molar-refractivity contribution < 1.29 is 17.2 Å². The summed E-state index contributed by atoms with van der Waals surface area (Å²) in [4.78, 5) is 1.97. The second-order valence-electron chi connectivity index (χ2n) is 6.18. The van der Waals surface area contributed by atoms with Crippen molar-refractivity contribution in [2.45, 2.75) is 43.1 Å². The zero-order valence-corrected chi connectivity index (χ0v) is 14.1. The van der Waals surface area contributed by atoms with E-state index in [1.54, 1.807) is 12.1 Å². The van der Waals surface area contributed by atoms with E-state index in [0.717, 1.165) is 18.5 Å². The van der Waals surface area contributed by atoms with Gasteiger partial charge >= 0.3 is 5.76 Å². The summed E-state index contributed by atoms with van der Waals surface area (Å²) in [6.45, 7) is 3.64. The normalized spacial score (nSPS) is 18.6. The number of benzene rings is 2. The highest BCUT2D eigenvalue weighted by Crippen LogP contribution is 2.25. The summed E-state index contributed by atoms with van der Waals surface area (Å²) in [7, 11) is -4.52. The van der Waals surface area contributed by atoms with Crippen LogP contribution in [0.15, 0.2) is 53.4 Å². The molecule has 0 saturated heterocycles. The Hall–Kier alpha value is -1.79. The summed E-state index contributed by atoms with van der Waals surface area (Å²) in [5.74, 6) is -3.39. The van der Waals surface area contributed by atoms with Crippen molar-refractivity contribution in [3.8, 4) is 0 Å². The standard InChI is InChI=1S/C18H19F2NO2S/c1-13-10-15-4-2-3-5-16(15)12-21(13)11-14-6-8-17(9-7-14)24(22,23)18(19)20/h2-9,13,18H,10-12H2,1H3. The van der Waals surface area contributed by atoms with E-state index in [0.29, 0.717) is 12.6 Å². The molecule has 2 aromatic carbocycles. The van der Waals surface area contributed by atoms with Crippen molar-refractivity contribution in [1.82, 2.24) is 4.90 Å². The molecule has 0 bridgehead atoms. The molecule has 2 aromatic rings. The number of rotatable bonds is 4. The van der Waals surface area contributed by atoms with Crippen LogP contribution >= 0.6 is 0 Å². The third kappa shape index (κ3) is 3.35. The van der Waals surface area contributed by atoms with E-state index in [2.05, 4.69) is 24.0 Å². The Bertz CT molecular complexity index is 819. The fourth-order valence-electron chi connectivity index (χ4n) is 3.07. The van der Waals surface area contributed by atoms with E-state index < -0.39 is 15.6 Å². The number of hydrogen-bond donors (Lipinski definition) is 0.